The molecule has 0 aromatic rings. The SMILES string of the molecule is CCC(CN)C[C@@H](C)O. The molecule has 0 aliphatic rings. The van der Waals surface area contributed by atoms with Gasteiger partial charge in [-0.2, -0.15) is 0 Å². The van der Waals surface area contributed by atoms with Gasteiger partial charge in [0.15, 0.2) is 0 Å². The summed E-state index contributed by atoms with van der Waals surface area (Å²) in [7, 11) is 0. The lowest BCUT2D eigenvalue weighted by atomic mass is 10.00. The molecule has 0 spiro atoms. The van der Waals surface area contributed by atoms with E-state index in [4.69, 9.17) is 10.8 Å². The van der Waals surface area contributed by atoms with E-state index < -0.39 is 0 Å². The monoisotopic (exact) mass is 131 g/mol. The minimum Gasteiger partial charge on any atom is -0.393 e. The molecule has 0 bridgehead atoms. The summed E-state index contributed by atoms with van der Waals surface area (Å²) in [6.07, 6.45) is 1.72. The molecule has 0 aliphatic carbocycles. The Bertz CT molecular complexity index is 59.9. The Morgan fingerprint density at radius 3 is 2.22 bits per heavy atom. The summed E-state index contributed by atoms with van der Waals surface area (Å²) in [6, 6.07) is 0. The molecule has 0 amide bonds. The van der Waals surface area contributed by atoms with Gasteiger partial charge in [-0.3, -0.25) is 0 Å². The van der Waals surface area contributed by atoms with Crippen LogP contribution in [0.15, 0.2) is 0 Å². The highest BCUT2D eigenvalue weighted by Gasteiger charge is 2.05. The highest BCUT2D eigenvalue weighted by molar-refractivity contribution is 4.60. The molecule has 0 saturated carbocycles. The van der Waals surface area contributed by atoms with Crippen molar-refractivity contribution in [2.24, 2.45) is 11.7 Å². The minimum atomic E-state index is -0.196. The third kappa shape index (κ3) is 4.43. The quantitative estimate of drug-likeness (QED) is 0.591. The maximum absolute atomic E-state index is 8.93. The van der Waals surface area contributed by atoms with E-state index in [1.807, 2.05) is 0 Å². The van der Waals surface area contributed by atoms with Crippen LogP contribution in [0.2, 0.25) is 0 Å². The van der Waals surface area contributed by atoms with Crippen LogP contribution in [-0.2, 0) is 0 Å². The molecule has 2 nitrogen and oxygen atoms in total. The van der Waals surface area contributed by atoms with Gasteiger partial charge in [0.1, 0.15) is 0 Å². The van der Waals surface area contributed by atoms with Gasteiger partial charge in [0.25, 0.3) is 0 Å². The fourth-order valence-corrected chi connectivity index (χ4v) is 0.912. The van der Waals surface area contributed by atoms with Crippen LogP contribution >= 0.6 is 0 Å². The zero-order chi connectivity index (χ0) is 7.28. The lowest BCUT2D eigenvalue weighted by Crippen LogP contribution is -2.18. The van der Waals surface area contributed by atoms with Gasteiger partial charge in [-0.25, -0.2) is 0 Å². The molecule has 56 valence electrons. The van der Waals surface area contributed by atoms with Crippen LogP contribution in [0.5, 0.6) is 0 Å². The lowest BCUT2D eigenvalue weighted by molar-refractivity contribution is 0.160. The maximum Gasteiger partial charge on any atom is 0.0515 e. The molecule has 0 aliphatic heterocycles. The summed E-state index contributed by atoms with van der Waals surface area (Å²) in [4.78, 5) is 0. The molecule has 0 aromatic carbocycles. The van der Waals surface area contributed by atoms with Crippen LogP contribution in [0.1, 0.15) is 26.7 Å². The standard InChI is InChI=1S/C7H17NO/c1-3-7(5-8)4-6(2)9/h6-7,9H,3-5,8H2,1-2H3/t6-,7?/m1/s1. The minimum absolute atomic E-state index is 0.196. The average Bonchev–Trinajstić information content (AvgIpc) is 1.82. The molecule has 2 atom stereocenters. The van der Waals surface area contributed by atoms with Crippen LogP contribution in [-0.4, -0.2) is 17.8 Å². The Hall–Kier alpha value is -0.0800. The Morgan fingerprint density at radius 1 is 1.56 bits per heavy atom. The average molecular weight is 131 g/mol. The molecule has 0 heterocycles. The van der Waals surface area contributed by atoms with Gasteiger partial charge in [0, 0.05) is 0 Å². The molecule has 2 heteroatoms. The van der Waals surface area contributed by atoms with E-state index in [1.165, 1.54) is 0 Å². The smallest absolute Gasteiger partial charge is 0.0515 e. The third-order valence-corrected chi connectivity index (χ3v) is 1.59. The normalized spacial score (nSPS) is 17.3. The van der Waals surface area contributed by atoms with Crippen molar-refractivity contribution in [1.29, 1.82) is 0 Å². The van der Waals surface area contributed by atoms with E-state index in [-0.39, 0.29) is 6.10 Å². The lowest BCUT2D eigenvalue weighted by Gasteiger charge is -2.12. The highest BCUT2D eigenvalue weighted by atomic mass is 16.3. The van der Waals surface area contributed by atoms with Crippen molar-refractivity contribution in [2.75, 3.05) is 6.54 Å². The van der Waals surface area contributed by atoms with Gasteiger partial charge in [-0.05, 0) is 25.8 Å². The molecule has 0 aromatic heterocycles. The van der Waals surface area contributed by atoms with Crippen LogP contribution in [0.25, 0.3) is 0 Å². The van der Waals surface area contributed by atoms with E-state index in [0.717, 1.165) is 12.8 Å². The van der Waals surface area contributed by atoms with E-state index in [1.54, 1.807) is 6.92 Å². The zero-order valence-corrected chi connectivity index (χ0v) is 6.30. The summed E-state index contributed by atoms with van der Waals surface area (Å²) >= 11 is 0. The number of rotatable bonds is 4. The second-order valence-electron chi connectivity index (χ2n) is 2.59. The van der Waals surface area contributed by atoms with Gasteiger partial charge in [-0.1, -0.05) is 13.3 Å². The number of aliphatic hydroxyl groups is 1. The Balaban J connectivity index is 3.31. The first-order chi connectivity index (χ1) is 4.20. The molecular formula is C7H17NO. The topological polar surface area (TPSA) is 46.2 Å². The van der Waals surface area contributed by atoms with Crippen molar-refractivity contribution < 1.29 is 5.11 Å². The number of hydrogen-bond acceptors (Lipinski definition) is 2. The highest BCUT2D eigenvalue weighted by Crippen LogP contribution is 2.08. The Morgan fingerprint density at radius 2 is 2.11 bits per heavy atom. The zero-order valence-electron chi connectivity index (χ0n) is 6.30. The molecule has 0 radical (unpaired) electrons. The van der Waals surface area contributed by atoms with E-state index in [9.17, 15) is 0 Å². The molecule has 3 N–H and O–H groups in total. The van der Waals surface area contributed by atoms with Gasteiger partial charge in [0.05, 0.1) is 6.10 Å². The number of aliphatic hydroxyl groups excluding tert-OH is 1. The summed E-state index contributed by atoms with van der Waals surface area (Å²) in [5.41, 5.74) is 5.42. The molecular weight excluding hydrogens is 114 g/mol. The van der Waals surface area contributed by atoms with Crippen molar-refractivity contribution in [3.8, 4) is 0 Å². The number of nitrogens with two attached hydrogens (primary N) is 1. The first kappa shape index (κ1) is 8.92. The summed E-state index contributed by atoms with van der Waals surface area (Å²) in [5.74, 6) is 0.505. The summed E-state index contributed by atoms with van der Waals surface area (Å²) in [6.45, 7) is 4.60. The van der Waals surface area contributed by atoms with Crippen molar-refractivity contribution in [3.63, 3.8) is 0 Å². The van der Waals surface area contributed by atoms with Crippen molar-refractivity contribution in [1.82, 2.24) is 0 Å². The van der Waals surface area contributed by atoms with Crippen molar-refractivity contribution in [3.05, 3.63) is 0 Å². The van der Waals surface area contributed by atoms with Gasteiger partial charge in [-0.15, -0.1) is 0 Å². The van der Waals surface area contributed by atoms with E-state index >= 15 is 0 Å². The van der Waals surface area contributed by atoms with E-state index in [0.29, 0.717) is 12.5 Å². The summed E-state index contributed by atoms with van der Waals surface area (Å²) < 4.78 is 0. The van der Waals surface area contributed by atoms with Crippen molar-refractivity contribution in [2.45, 2.75) is 32.8 Å². The Kier molecular flexibility index (Phi) is 4.72. The van der Waals surface area contributed by atoms with Gasteiger partial charge >= 0.3 is 0 Å². The van der Waals surface area contributed by atoms with E-state index in [2.05, 4.69) is 6.92 Å². The second-order valence-corrected chi connectivity index (χ2v) is 2.59. The van der Waals surface area contributed by atoms with Crippen LogP contribution in [0.4, 0.5) is 0 Å². The van der Waals surface area contributed by atoms with Gasteiger partial charge in [0.2, 0.25) is 0 Å². The predicted octanol–water partition coefficient (Wildman–Crippen LogP) is 0.742. The van der Waals surface area contributed by atoms with Crippen molar-refractivity contribution >= 4 is 0 Å². The fraction of sp³-hybridized carbons (Fsp3) is 1.00. The Labute approximate surface area is 57.1 Å². The van der Waals surface area contributed by atoms with Crippen LogP contribution in [0, 0.1) is 5.92 Å². The maximum atomic E-state index is 8.93. The second kappa shape index (κ2) is 4.77. The molecule has 0 rings (SSSR count). The third-order valence-electron chi connectivity index (χ3n) is 1.59. The predicted molar refractivity (Wildman–Crippen MR) is 39.1 cm³/mol. The largest absolute Gasteiger partial charge is 0.393 e. The first-order valence-electron chi connectivity index (χ1n) is 3.58. The molecule has 9 heavy (non-hydrogen) atoms. The fourth-order valence-electron chi connectivity index (χ4n) is 0.912. The molecule has 0 saturated heterocycles. The molecule has 1 unspecified atom stereocenters. The number of hydrogen-bond donors (Lipinski definition) is 2. The van der Waals surface area contributed by atoms with Crippen LogP contribution < -0.4 is 5.73 Å². The first-order valence-corrected chi connectivity index (χ1v) is 3.58. The molecule has 0 fully saturated rings. The summed E-state index contributed by atoms with van der Waals surface area (Å²) in [5, 5.41) is 8.93. The van der Waals surface area contributed by atoms with Gasteiger partial charge < -0.3 is 10.8 Å². The van der Waals surface area contributed by atoms with Crippen LogP contribution in [0.3, 0.4) is 0 Å².